The maximum Gasteiger partial charge on any atom is 0.295 e. The predicted octanol–water partition coefficient (Wildman–Crippen LogP) is 1.06. The zero-order chi connectivity index (χ0) is 54.5. The third-order valence-corrected chi connectivity index (χ3v) is 12.0. The molecule has 0 radical (unpaired) electrons. The summed E-state index contributed by atoms with van der Waals surface area (Å²) in [7, 11) is -9.87. The fourth-order valence-electron chi connectivity index (χ4n) is 6.71. The lowest BCUT2D eigenvalue weighted by atomic mass is 10.1. The Kier molecular flexibility index (Phi) is 21.1. The van der Waals surface area contributed by atoms with E-state index in [1.165, 1.54) is 36.4 Å². The third-order valence-electron chi connectivity index (χ3n) is 10.2. The van der Waals surface area contributed by atoms with Crippen molar-refractivity contribution < 1.29 is 45.7 Å². The second-order valence-corrected chi connectivity index (χ2v) is 18.7. The van der Waals surface area contributed by atoms with Crippen LogP contribution in [0, 0.1) is 0 Å². The number of hydrogen-bond donors (Lipinski definition) is 16. The van der Waals surface area contributed by atoms with E-state index < -0.39 is 30.0 Å². The van der Waals surface area contributed by atoms with Crippen LogP contribution in [-0.4, -0.2) is 157 Å². The maximum absolute atomic E-state index is 12.8. The molecule has 0 unspecified atom stereocenters. The number of benzene rings is 4. The number of hydrogen-bond acceptors (Lipinski definition) is 24. The number of nitrogens with one attached hydrogen (secondary N) is 10. The van der Waals surface area contributed by atoms with Crippen LogP contribution in [0.4, 0.5) is 58.4 Å². The Labute approximate surface area is 437 Å². The smallest absolute Gasteiger partial charge is 0.295 e. The van der Waals surface area contributed by atoms with Gasteiger partial charge in [0.1, 0.15) is 9.79 Å². The molecule has 6 rings (SSSR count). The van der Waals surface area contributed by atoms with Gasteiger partial charge in [0, 0.05) is 99.3 Å². The van der Waals surface area contributed by atoms with E-state index in [0.29, 0.717) is 74.9 Å². The van der Waals surface area contributed by atoms with Crippen LogP contribution in [0.3, 0.4) is 0 Å². The molecule has 0 aliphatic carbocycles. The minimum absolute atomic E-state index is 0.0492. The van der Waals surface area contributed by atoms with Crippen molar-refractivity contribution in [1.82, 2.24) is 51.2 Å². The first-order valence-electron chi connectivity index (χ1n) is 23.3. The van der Waals surface area contributed by atoms with E-state index >= 15 is 0 Å². The minimum Gasteiger partial charge on any atom is -0.395 e. The summed E-state index contributed by atoms with van der Waals surface area (Å²) in [5.74, 6) is -0.487. The molecule has 28 nitrogen and oxygen atoms in total. The van der Waals surface area contributed by atoms with Gasteiger partial charge in [0.15, 0.2) is 0 Å². The van der Waals surface area contributed by atoms with Gasteiger partial charge in [-0.2, -0.15) is 46.7 Å². The second-order valence-electron chi connectivity index (χ2n) is 15.9. The molecule has 76 heavy (non-hydrogen) atoms. The van der Waals surface area contributed by atoms with Gasteiger partial charge in [0.05, 0.1) is 13.2 Å². The summed E-state index contributed by atoms with van der Waals surface area (Å²) in [6.45, 7) is 3.57. The van der Waals surface area contributed by atoms with E-state index in [2.05, 4.69) is 83.1 Å². The molecule has 0 bridgehead atoms. The van der Waals surface area contributed by atoms with Crippen LogP contribution < -0.4 is 64.6 Å². The highest BCUT2D eigenvalue weighted by molar-refractivity contribution is 7.86. The van der Waals surface area contributed by atoms with Crippen molar-refractivity contribution in [3.05, 3.63) is 107 Å². The quantitative estimate of drug-likeness (QED) is 0.0170. The summed E-state index contributed by atoms with van der Waals surface area (Å²) >= 11 is 0. The number of aliphatic hydroxyl groups excluding tert-OH is 2. The van der Waals surface area contributed by atoms with Gasteiger partial charge in [-0.1, -0.05) is 24.3 Å². The molecule has 0 spiro atoms. The van der Waals surface area contributed by atoms with E-state index in [1.807, 2.05) is 0 Å². The number of amides is 2. The summed E-state index contributed by atoms with van der Waals surface area (Å²) in [6.07, 6.45) is 2.46. The predicted molar refractivity (Wildman–Crippen MR) is 287 cm³/mol. The van der Waals surface area contributed by atoms with Crippen molar-refractivity contribution in [3.63, 3.8) is 0 Å². The Hall–Kier alpha value is -8.04. The molecule has 2 aromatic heterocycles. The lowest BCUT2D eigenvalue weighted by Gasteiger charge is -2.13. The van der Waals surface area contributed by atoms with Crippen molar-refractivity contribution in [2.45, 2.75) is 9.79 Å². The standard InChI is InChI=1S/C46H58N18O10S2/c47-15-17-49-19-21-53-41-59-43(55-33-9-5-31(6-10-33)39(67)51-23-25-65)63-45(61-41)57-35-13-3-29(37(27-35)75(69,70)71)1-2-30-4-14-36(28-38(30)76(72,73)74)58-46-62-42(54-22-20-50-18-16-48)60-44(64-46)56-34-11-7-32(8-12-34)40(68)52-24-26-66/h1-14,27-28,49-50,65-66H,15-26,47-48H2,(H,51,67)(H,52,68)(H,69,70,71)(H,72,73,74)(H3,53,55,57,59,61,63)(H3,54,56,58,60,62,64). The summed E-state index contributed by atoms with van der Waals surface area (Å²) in [4.78, 5) is 50.0. The monoisotopic (exact) mass is 1090 g/mol. The zero-order valence-corrected chi connectivity index (χ0v) is 42.2. The molecule has 30 heteroatoms. The molecule has 0 saturated heterocycles. The van der Waals surface area contributed by atoms with Gasteiger partial charge in [-0.3, -0.25) is 18.7 Å². The molecule has 0 aliphatic rings. The summed E-state index contributed by atoms with van der Waals surface area (Å²) in [6, 6.07) is 20.5. The normalized spacial score (nSPS) is 11.5. The van der Waals surface area contributed by atoms with Gasteiger partial charge >= 0.3 is 0 Å². The van der Waals surface area contributed by atoms with Crippen LogP contribution in [0.1, 0.15) is 31.8 Å². The number of nitrogens with zero attached hydrogens (tertiary/aromatic N) is 6. The van der Waals surface area contributed by atoms with Crippen molar-refractivity contribution >= 4 is 103 Å². The van der Waals surface area contributed by atoms with E-state index in [1.54, 1.807) is 48.5 Å². The lowest BCUT2D eigenvalue weighted by Crippen LogP contribution is -2.27. The van der Waals surface area contributed by atoms with Crippen molar-refractivity contribution in [1.29, 1.82) is 0 Å². The average Bonchev–Trinajstić information content (AvgIpc) is 3.39. The highest BCUT2D eigenvalue weighted by Gasteiger charge is 2.20. The number of rotatable bonds is 30. The molecule has 18 N–H and O–H groups in total. The van der Waals surface area contributed by atoms with Crippen LogP contribution in [0.25, 0.3) is 12.2 Å². The van der Waals surface area contributed by atoms with E-state index in [9.17, 15) is 35.5 Å². The number of carbonyl (C=O) groups excluding carboxylic acids is 2. The van der Waals surface area contributed by atoms with Gasteiger partial charge < -0.3 is 74.8 Å². The van der Waals surface area contributed by atoms with Crippen LogP contribution >= 0.6 is 0 Å². The summed E-state index contributed by atoms with van der Waals surface area (Å²) in [5, 5.41) is 47.6. The van der Waals surface area contributed by atoms with Crippen LogP contribution in [-0.2, 0) is 20.2 Å². The first-order chi connectivity index (χ1) is 36.5. The first kappa shape index (κ1) is 57.2. The second kappa shape index (κ2) is 28.0. The van der Waals surface area contributed by atoms with Crippen LogP contribution in [0.15, 0.2) is 94.7 Å². The van der Waals surface area contributed by atoms with Crippen molar-refractivity contribution in [3.8, 4) is 0 Å². The molecule has 0 atom stereocenters. The Morgan fingerprint density at radius 1 is 0.447 bits per heavy atom. The maximum atomic E-state index is 12.8. The van der Waals surface area contributed by atoms with Gasteiger partial charge in [-0.05, 0) is 83.9 Å². The van der Waals surface area contributed by atoms with Gasteiger partial charge in [0.25, 0.3) is 32.1 Å². The zero-order valence-electron chi connectivity index (χ0n) is 40.6. The third kappa shape index (κ3) is 17.8. The van der Waals surface area contributed by atoms with Gasteiger partial charge in [0.2, 0.25) is 35.7 Å². The highest BCUT2D eigenvalue weighted by atomic mass is 32.2. The van der Waals surface area contributed by atoms with E-state index in [4.69, 9.17) is 21.7 Å². The molecule has 404 valence electrons. The van der Waals surface area contributed by atoms with Crippen molar-refractivity contribution in [2.75, 3.05) is 111 Å². The Balaban J connectivity index is 1.24. The van der Waals surface area contributed by atoms with Crippen LogP contribution in [0.5, 0.6) is 0 Å². The fraction of sp³-hybridized carbons (Fsp3) is 0.261. The largest absolute Gasteiger partial charge is 0.395 e. The Morgan fingerprint density at radius 2 is 0.776 bits per heavy atom. The molecule has 0 fully saturated rings. The number of anilines is 10. The SMILES string of the molecule is NCCNCCNc1nc(Nc2ccc(C(=O)NCCO)cc2)nc(Nc2ccc(C=Cc3ccc(Nc4nc(NCCNCCN)nc(Nc5ccc(C(=O)NCCO)cc5)n4)cc3S(=O)(=O)O)c(S(=O)(=O)O)c2)n1. The summed E-state index contributed by atoms with van der Waals surface area (Å²) in [5.41, 5.74) is 12.9. The van der Waals surface area contributed by atoms with E-state index in [0.717, 1.165) is 12.1 Å². The first-order valence-corrected chi connectivity index (χ1v) is 26.2. The Morgan fingerprint density at radius 3 is 1.11 bits per heavy atom. The van der Waals surface area contributed by atoms with Gasteiger partial charge in [-0.25, -0.2) is 0 Å². The topological polar surface area (TPSA) is 433 Å². The van der Waals surface area contributed by atoms with Gasteiger partial charge in [-0.15, -0.1) is 0 Å². The van der Waals surface area contributed by atoms with Crippen molar-refractivity contribution in [2.24, 2.45) is 11.5 Å². The fourth-order valence-corrected chi connectivity index (χ4v) is 8.13. The average molecular weight is 1090 g/mol. The molecule has 6 aromatic rings. The highest BCUT2D eigenvalue weighted by Crippen LogP contribution is 2.29. The molecule has 2 heterocycles. The molecule has 0 saturated carbocycles. The molecular weight excluding hydrogens is 1030 g/mol. The number of carbonyl (C=O) groups is 2. The molecule has 0 aliphatic heterocycles. The number of aliphatic hydroxyl groups is 2. The molecule has 4 aromatic carbocycles. The molecule has 2 amide bonds. The lowest BCUT2D eigenvalue weighted by molar-refractivity contribution is 0.0937. The minimum atomic E-state index is -4.94. The number of aromatic nitrogens is 6. The molecular formula is C46H58N18O10S2. The summed E-state index contributed by atoms with van der Waals surface area (Å²) < 4.78 is 72.1. The number of nitrogens with two attached hydrogens (primary N) is 2. The van der Waals surface area contributed by atoms with Crippen LogP contribution in [0.2, 0.25) is 0 Å². The van der Waals surface area contributed by atoms with E-state index in [-0.39, 0.29) is 96.3 Å². The Bertz CT molecular complexity index is 2970.